The molecule has 0 aliphatic rings. The molecule has 8 nitrogen and oxygen atoms in total. The molecule has 0 bridgehead atoms. The molecule has 4 N–H and O–H groups in total. The standard InChI is InChI=1S/C11H18N6O2S2/c1-6(2)4-9-14-16-11(20-9)17-21(18,19)10-8(5-12)7(3)13-15-10/h6H,4-5,12H2,1-3H3,(H,13,15)(H,16,17). The Morgan fingerprint density at radius 1 is 1.38 bits per heavy atom. The predicted octanol–water partition coefficient (Wildman–Crippen LogP) is 1.03. The molecule has 0 spiro atoms. The smallest absolute Gasteiger partial charge is 0.283 e. The van der Waals surface area contributed by atoms with Crippen molar-refractivity contribution in [2.75, 3.05) is 4.72 Å². The highest BCUT2D eigenvalue weighted by atomic mass is 32.2. The van der Waals surface area contributed by atoms with Crippen molar-refractivity contribution in [2.45, 2.75) is 38.8 Å². The molecule has 0 saturated carbocycles. The average Bonchev–Trinajstić information content (AvgIpc) is 2.95. The van der Waals surface area contributed by atoms with E-state index in [1.54, 1.807) is 6.92 Å². The summed E-state index contributed by atoms with van der Waals surface area (Å²) in [4.78, 5) is 0. The molecule has 0 saturated heterocycles. The minimum absolute atomic E-state index is 0.0906. The van der Waals surface area contributed by atoms with E-state index in [2.05, 4.69) is 39.0 Å². The van der Waals surface area contributed by atoms with E-state index in [0.29, 0.717) is 17.2 Å². The summed E-state index contributed by atoms with van der Waals surface area (Å²) in [6, 6.07) is 0. The van der Waals surface area contributed by atoms with E-state index in [0.717, 1.165) is 11.4 Å². The third-order valence-electron chi connectivity index (χ3n) is 2.77. The predicted molar refractivity (Wildman–Crippen MR) is 80.5 cm³/mol. The van der Waals surface area contributed by atoms with Crippen molar-refractivity contribution in [3.63, 3.8) is 0 Å². The van der Waals surface area contributed by atoms with Crippen LogP contribution in [-0.4, -0.2) is 28.8 Å². The highest BCUT2D eigenvalue weighted by Gasteiger charge is 2.24. The Hall–Kier alpha value is -1.52. The SMILES string of the molecule is Cc1[nH]nc(S(=O)(=O)Nc2nnc(CC(C)C)s2)c1CN. The monoisotopic (exact) mass is 330 g/mol. The summed E-state index contributed by atoms with van der Waals surface area (Å²) in [6.07, 6.45) is 0.759. The van der Waals surface area contributed by atoms with Gasteiger partial charge in [-0.15, -0.1) is 10.2 Å². The first kappa shape index (κ1) is 15.9. The third kappa shape index (κ3) is 3.57. The number of aryl methyl sites for hydroxylation is 1. The number of nitrogens with zero attached hydrogens (tertiary/aromatic N) is 3. The topological polar surface area (TPSA) is 127 Å². The maximum atomic E-state index is 12.3. The zero-order valence-electron chi connectivity index (χ0n) is 12.0. The minimum atomic E-state index is -3.81. The fourth-order valence-corrected chi connectivity index (χ4v) is 4.18. The number of hydrogen-bond donors (Lipinski definition) is 3. The second-order valence-electron chi connectivity index (χ2n) is 5.04. The maximum absolute atomic E-state index is 12.3. The van der Waals surface area contributed by atoms with Crippen LogP contribution in [0.15, 0.2) is 5.03 Å². The van der Waals surface area contributed by atoms with Gasteiger partial charge in [0.15, 0.2) is 0 Å². The molecule has 0 aliphatic heterocycles. The van der Waals surface area contributed by atoms with Gasteiger partial charge in [-0.2, -0.15) is 13.5 Å². The van der Waals surface area contributed by atoms with Gasteiger partial charge in [0.05, 0.1) is 0 Å². The molecule has 0 aromatic carbocycles. The fraction of sp³-hybridized carbons (Fsp3) is 0.545. The molecule has 2 rings (SSSR count). The van der Waals surface area contributed by atoms with Crippen LogP contribution in [0.4, 0.5) is 5.13 Å². The van der Waals surface area contributed by atoms with Crippen molar-refractivity contribution < 1.29 is 8.42 Å². The van der Waals surface area contributed by atoms with Gasteiger partial charge in [-0.1, -0.05) is 25.2 Å². The second-order valence-corrected chi connectivity index (χ2v) is 7.70. The zero-order valence-corrected chi connectivity index (χ0v) is 13.7. The van der Waals surface area contributed by atoms with Gasteiger partial charge >= 0.3 is 0 Å². The maximum Gasteiger partial charge on any atom is 0.283 e. The Labute approximate surface area is 127 Å². The van der Waals surface area contributed by atoms with Crippen LogP contribution < -0.4 is 10.5 Å². The second kappa shape index (κ2) is 6.08. The lowest BCUT2D eigenvalue weighted by atomic mass is 10.1. The van der Waals surface area contributed by atoms with Crippen LogP contribution in [0, 0.1) is 12.8 Å². The van der Waals surface area contributed by atoms with Crippen molar-refractivity contribution in [3.8, 4) is 0 Å². The number of hydrogen-bond acceptors (Lipinski definition) is 7. The molecule has 0 radical (unpaired) electrons. The summed E-state index contributed by atoms with van der Waals surface area (Å²) in [5.74, 6) is 0.431. The van der Waals surface area contributed by atoms with Crippen molar-refractivity contribution in [2.24, 2.45) is 11.7 Å². The number of anilines is 1. The Morgan fingerprint density at radius 2 is 2.10 bits per heavy atom. The molecule has 2 aromatic rings. The van der Waals surface area contributed by atoms with E-state index < -0.39 is 10.0 Å². The number of rotatable bonds is 6. The van der Waals surface area contributed by atoms with E-state index in [1.165, 1.54) is 11.3 Å². The zero-order chi connectivity index (χ0) is 15.6. The van der Waals surface area contributed by atoms with Crippen molar-refractivity contribution >= 4 is 26.5 Å². The quantitative estimate of drug-likeness (QED) is 0.726. The first-order valence-electron chi connectivity index (χ1n) is 6.42. The summed E-state index contributed by atoms with van der Waals surface area (Å²) in [6.45, 7) is 5.93. The largest absolute Gasteiger partial charge is 0.326 e. The lowest BCUT2D eigenvalue weighted by Gasteiger charge is -2.03. The van der Waals surface area contributed by atoms with Crippen LogP contribution in [0.1, 0.15) is 30.1 Å². The Kier molecular flexibility index (Phi) is 4.59. The number of sulfonamides is 1. The van der Waals surface area contributed by atoms with Gasteiger partial charge in [0.2, 0.25) is 10.2 Å². The molecule has 2 heterocycles. The van der Waals surface area contributed by atoms with Gasteiger partial charge in [-0.05, 0) is 12.8 Å². The molecule has 10 heteroatoms. The number of H-pyrrole nitrogens is 1. The molecule has 0 fully saturated rings. The lowest BCUT2D eigenvalue weighted by molar-refractivity contribution is 0.595. The molecule has 0 atom stereocenters. The fourth-order valence-electron chi connectivity index (χ4n) is 1.78. The summed E-state index contributed by atoms with van der Waals surface area (Å²) in [7, 11) is -3.81. The Morgan fingerprint density at radius 3 is 2.71 bits per heavy atom. The van der Waals surface area contributed by atoms with Gasteiger partial charge in [0.1, 0.15) is 5.01 Å². The summed E-state index contributed by atoms with van der Waals surface area (Å²) < 4.78 is 27.0. The Balaban J connectivity index is 2.23. The first-order chi connectivity index (χ1) is 9.83. The van der Waals surface area contributed by atoms with Gasteiger partial charge in [0.25, 0.3) is 10.0 Å². The normalized spacial score (nSPS) is 12.0. The highest BCUT2D eigenvalue weighted by molar-refractivity contribution is 7.92. The molecular weight excluding hydrogens is 312 g/mol. The summed E-state index contributed by atoms with van der Waals surface area (Å²) in [5.41, 5.74) is 6.67. The van der Waals surface area contributed by atoms with Crippen LogP contribution >= 0.6 is 11.3 Å². The van der Waals surface area contributed by atoms with E-state index in [9.17, 15) is 8.42 Å². The van der Waals surface area contributed by atoms with Crippen LogP contribution in [0.25, 0.3) is 0 Å². The minimum Gasteiger partial charge on any atom is -0.326 e. The molecule has 116 valence electrons. The van der Waals surface area contributed by atoms with Crippen molar-refractivity contribution in [3.05, 3.63) is 16.3 Å². The molecule has 2 aromatic heterocycles. The van der Waals surface area contributed by atoms with E-state index in [-0.39, 0.29) is 16.7 Å². The van der Waals surface area contributed by atoms with Crippen LogP contribution in [-0.2, 0) is 23.0 Å². The van der Waals surface area contributed by atoms with Crippen LogP contribution in [0.5, 0.6) is 0 Å². The third-order valence-corrected chi connectivity index (χ3v) is 5.07. The average molecular weight is 330 g/mol. The lowest BCUT2D eigenvalue weighted by Crippen LogP contribution is -2.16. The van der Waals surface area contributed by atoms with Gasteiger partial charge in [-0.25, -0.2) is 0 Å². The molecule has 21 heavy (non-hydrogen) atoms. The van der Waals surface area contributed by atoms with E-state index >= 15 is 0 Å². The van der Waals surface area contributed by atoms with Crippen LogP contribution in [0.3, 0.4) is 0 Å². The van der Waals surface area contributed by atoms with E-state index in [4.69, 9.17) is 5.73 Å². The van der Waals surface area contributed by atoms with Gasteiger partial charge < -0.3 is 5.73 Å². The summed E-state index contributed by atoms with van der Waals surface area (Å²) in [5, 5.41) is 15.2. The number of aromatic nitrogens is 4. The molecule has 0 amide bonds. The van der Waals surface area contributed by atoms with Gasteiger partial charge in [0, 0.05) is 24.2 Å². The Bertz CT molecular complexity index is 719. The molecule has 0 unspecified atom stereocenters. The number of nitrogens with one attached hydrogen (secondary N) is 2. The summed E-state index contributed by atoms with van der Waals surface area (Å²) >= 11 is 1.22. The van der Waals surface area contributed by atoms with E-state index in [1.807, 2.05) is 0 Å². The first-order valence-corrected chi connectivity index (χ1v) is 8.72. The number of aromatic amines is 1. The van der Waals surface area contributed by atoms with Crippen molar-refractivity contribution in [1.29, 1.82) is 0 Å². The van der Waals surface area contributed by atoms with Gasteiger partial charge in [-0.3, -0.25) is 9.82 Å². The molecule has 0 aliphatic carbocycles. The van der Waals surface area contributed by atoms with Crippen LogP contribution in [0.2, 0.25) is 0 Å². The number of nitrogens with two attached hydrogens (primary N) is 1. The highest BCUT2D eigenvalue weighted by Crippen LogP contribution is 2.23. The molecular formula is C11H18N6O2S2. The van der Waals surface area contributed by atoms with Crippen molar-refractivity contribution in [1.82, 2.24) is 20.4 Å².